The fraction of sp³-hybridized carbons (Fsp3) is 0.542. The number of rotatable bonds is 39. The Morgan fingerprint density at radius 3 is 1.26 bits per heavy atom. The van der Waals surface area contributed by atoms with Crippen LogP contribution in [-0.4, -0.2) is 192 Å². The Hall–Kier alpha value is -7.61. The number of aliphatic imine (C=N–C) groups is 2. The number of amides is 3. The summed E-state index contributed by atoms with van der Waals surface area (Å²) in [5.41, 5.74) is 10.8. The van der Waals surface area contributed by atoms with E-state index in [0.29, 0.717) is 104 Å². The predicted octanol–water partition coefficient (Wildman–Crippen LogP) is 9.74. The summed E-state index contributed by atoms with van der Waals surface area (Å²) in [5.74, 6) is -2.90. The van der Waals surface area contributed by atoms with E-state index < -0.39 is 29.4 Å². The van der Waals surface area contributed by atoms with Gasteiger partial charge in [-0.25, -0.2) is 4.79 Å². The molecule has 0 aromatic heterocycles. The van der Waals surface area contributed by atoms with Gasteiger partial charge >= 0.3 is 23.9 Å². The average molecular weight is 1330 g/mol. The van der Waals surface area contributed by atoms with Crippen LogP contribution in [-0.2, 0) is 76.3 Å². The SMILES string of the molecule is C.CC(C)(C)OC(=O)CCOCCOCCN=C(c1ccccc1)c1ccccc1.CCC(=O)NCCOCCOCCC(=O)ON1C(=O)CCC1=O.CCCC(=O)OC(C)(C)C.NCCCCCOCCC(=O)O.OCCOCCN=C(c1ccccc1)c1ccccc1. The van der Waals surface area contributed by atoms with Gasteiger partial charge in [-0.15, -0.1) is 5.06 Å². The maximum atomic E-state index is 11.6. The van der Waals surface area contributed by atoms with Gasteiger partial charge in [0.25, 0.3) is 11.8 Å². The molecule has 5 N–H and O–H groups in total. The van der Waals surface area contributed by atoms with Crippen LogP contribution in [0.15, 0.2) is 131 Å². The molecule has 23 heteroatoms. The van der Waals surface area contributed by atoms with Crippen molar-refractivity contribution in [1.82, 2.24) is 10.4 Å². The van der Waals surface area contributed by atoms with Crippen molar-refractivity contribution in [2.45, 2.75) is 145 Å². The first kappa shape index (κ1) is 87.4. The number of carboxylic acid groups (broad SMARTS) is 1. The normalized spacial score (nSPS) is 11.5. The molecule has 0 spiro atoms. The first-order valence-electron chi connectivity index (χ1n) is 32.2. The molecule has 0 saturated carbocycles. The van der Waals surface area contributed by atoms with Gasteiger partial charge in [0.2, 0.25) is 5.91 Å². The Bertz CT molecular complexity index is 2630. The third-order valence-corrected chi connectivity index (χ3v) is 11.9. The van der Waals surface area contributed by atoms with Crippen molar-refractivity contribution in [3.8, 4) is 0 Å². The van der Waals surface area contributed by atoms with Crippen LogP contribution in [0, 0.1) is 0 Å². The maximum absolute atomic E-state index is 11.6. The van der Waals surface area contributed by atoms with Crippen molar-refractivity contribution in [2.24, 2.45) is 15.7 Å². The molecule has 0 radical (unpaired) electrons. The molecule has 4 aromatic carbocycles. The van der Waals surface area contributed by atoms with Crippen LogP contribution in [0.5, 0.6) is 0 Å². The Labute approximate surface area is 563 Å². The van der Waals surface area contributed by atoms with Crippen LogP contribution in [0.2, 0.25) is 0 Å². The van der Waals surface area contributed by atoms with Gasteiger partial charge in [-0.05, 0) is 73.8 Å². The van der Waals surface area contributed by atoms with Crippen molar-refractivity contribution >= 4 is 53.0 Å². The summed E-state index contributed by atoms with van der Waals surface area (Å²) in [6, 6.07) is 40.5. The third kappa shape index (κ3) is 48.7. The highest BCUT2D eigenvalue weighted by Crippen LogP contribution is 2.15. The number of hydrogen-bond donors (Lipinski definition) is 4. The lowest BCUT2D eigenvalue weighted by Crippen LogP contribution is -2.32. The summed E-state index contributed by atoms with van der Waals surface area (Å²) in [6.07, 6.45) is 5.28. The molecule has 5 rings (SSSR count). The van der Waals surface area contributed by atoms with Crippen LogP contribution < -0.4 is 11.1 Å². The first-order valence-corrected chi connectivity index (χ1v) is 32.2. The number of hydrogen-bond acceptors (Lipinski definition) is 20. The number of hydroxylamine groups is 2. The van der Waals surface area contributed by atoms with Crippen molar-refractivity contribution in [2.75, 3.05) is 112 Å². The second-order valence-electron chi connectivity index (χ2n) is 22.5. The van der Waals surface area contributed by atoms with Crippen LogP contribution in [0.25, 0.3) is 0 Å². The summed E-state index contributed by atoms with van der Waals surface area (Å²) in [4.78, 5) is 91.4. The van der Waals surface area contributed by atoms with Crippen LogP contribution in [0.3, 0.4) is 0 Å². The summed E-state index contributed by atoms with van der Waals surface area (Å²) >= 11 is 0. The molecule has 1 heterocycles. The quantitative estimate of drug-likeness (QED) is 0.0140. The van der Waals surface area contributed by atoms with Crippen molar-refractivity contribution in [3.63, 3.8) is 0 Å². The number of benzene rings is 4. The van der Waals surface area contributed by atoms with Crippen molar-refractivity contribution in [3.05, 3.63) is 144 Å². The Morgan fingerprint density at radius 1 is 0.495 bits per heavy atom. The largest absolute Gasteiger partial charge is 0.481 e. The number of aliphatic hydroxyl groups is 1. The minimum absolute atomic E-state index is 0. The van der Waals surface area contributed by atoms with Gasteiger partial charge in [-0.1, -0.05) is 143 Å². The monoisotopic (exact) mass is 1330 g/mol. The minimum atomic E-state index is -0.808. The van der Waals surface area contributed by atoms with E-state index in [4.69, 9.17) is 58.8 Å². The van der Waals surface area contributed by atoms with Crippen molar-refractivity contribution in [1.29, 1.82) is 0 Å². The third-order valence-electron chi connectivity index (χ3n) is 11.9. The molecule has 1 fully saturated rings. The summed E-state index contributed by atoms with van der Waals surface area (Å²) in [5, 5.41) is 20.1. The number of nitrogens with one attached hydrogen (secondary N) is 1. The van der Waals surface area contributed by atoms with E-state index in [1.54, 1.807) is 6.92 Å². The van der Waals surface area contributed by atoms with Gasteiger partial charge in [0.15, 0.2) is 0 Å². The molecule has 1 saturated heterocycles. The van der Waals surface area contributed by atoms with Gasteiger partial charge in [-0.2, -0.15) is 0 Å². The van der Waals surface area contributed by atoms with Crippen LogP contribution >= 0.6 is 0 Å². The number of aliphatic carboxylic acids is 1. The van der Waals surface area contributed by atoms with Crippen LogP contribution in [0.1, 0.15) is 156 Å². The number of carbonyl (C=O) groups excluding carboxylic acids is 6. The highest BCUT2D eigenvalue weighted by atomic mass is 16.7. The van der Waals surface area contributed by atoms with E-state index in [2.05, 4.69) is 63.7 Å². The number of imide groups is 1. The lowest BCUT2D eigenvalue weighted by atomic mass is 10.0. The van der Waals surface area contributed by atoms with E-state index in [9.17, 15) is 33.6 Å². The van der Waals surface area contributed by atoms with Gasteiger partial charge in [0, 0.05) is 61.1 Å². The Balaban J connectivity index is 0.00000121. The molecule has 530 valence electrons. The number of aliphatic hydroxyl groups excluding tert-OH is 1. The van der Waals surface area contributed by atoms with E-state index in [1.807, 2.05) is 121 Å². The number of ether oxygens (including phenoxy) is 8. The fourth-order valence-electron chi connectivity index (χ4n) is 7.62. The Morgan fingerprint density at radius 2 is 0.874 bits per heavy atom. The first-order chi connectivity index (χ1) is 45.1. The van der Waals surface area contributed by atoms with E-state index in [0.717, 1.165) is 65.9 Å². The number of carboxylic acids is 1. The molecule has 0 unspecified atom stereocenters. The Kier molecular flexibility index (Phi) is 51.2. The number of nitrogens with zero attached hydrogens (tertiary/aromatic N) is 3. The molecule has 3 amide bonds. The molecule has 0 bridgehead atoms. The maximum Gasteiger partial charge on any atom is 0.335 e. The topological polar surface area (TPSA) is 309 Å². The highest BCUT2D eigenvalue weighted by Gasteiger charge is 2.32. The minimum Gasteiger partial charge on any atom is -0.481 e. The number of unbranched alkanes of at least 4 members (excludes halogenated alkanes) is 2. The van der Waals surface area contributed by atoms with Gasteiger partial charge in [0.05, 0.1) is 123 Å². The van der Waals surface area contributed by atoms with E-state index >= 15 is 0 Å². The van der Waals surface area contributed by atoms with Gasteiger partial charge in [-0.3, -0.25) is 38.8 Å². The second kappa shape index (κ2) is 55.7. The highest BCUT2D eigenvalue weighted by molar-refractivity contribution is 6.13. The lowest BCUT2D eigenvalue weighted by molar-refractivity contribution is -0.198. The average Bonchev–Trinajstić information content (AvgIpc) is 1.24. The van der Waals surface area contributed by atoms with E-state index in [-0.39, 0.29) is 82.8 Å². The zero-order valence-electron chi connectivity index (χ0n) is 56.7. The molecular weight excluding hydrogens is 1220 g/mol. The fourth-order valence-corrected chi connectivity index (χ4v) is 7.62. The standard InChI is InChI=1S/C24H31NO4.C17H19NO2.C14H22N2O7.C8H17NO3.C8H16O2.CH4/c1-24(2,3)29-22(26)14-16-27-18-19-28-17-15-25-23(20-10-6-4-7-11-20)21-12-8-5-9-13-21;19-12-14-20-13-11-18-17(15-7-3-1-4-8-15)16-9-5-2-6-10-16;1-2-11(17)15-6-8-22-10-9-21-7-5-14(20)23-16-12(18)3-4-13(16)19;9-5-2-1-3-6-12-7-4-8(10)11;1-5-6-7(9)10-8(2,3)4;/h4-13H,14-19H2,1-3H3;1-10,19H,11-14H2;2-10H2,1H3,(H,15,17);1-7,9H2,(H,10,11);5-6H2,1-4H3;1H4. The molecule has 0 atom stereocenters. The number of carbonyl (C=O) groups is 7. The van der Waals surface area contributed by atoms with Crippen LogP contribution in [0.4, 0.5) is 0 Å². The van der Waals surface area contributed by atoms with Crippen molar-refractivity contribution < 1.29 is 86.5 Å². The number of esters is 2. The van der Waals surface area contributed by atoms with Gasteiger partial charge < -0.3 is 64.0 Å². The zero-order chi connectivity index (χ0) is 69.5. The molecule has 23 nitrogen and oxygen atoms in total. The molecule has 4 aromatic rings. The molecule has 1 aliphatic heterocycles. The lowest BCUT2D eigenvalue weighted by Gasteiger charge is -2.19. The predicted molar refractivity (Wildman–Crippen MR) is 367 cm³/mol. The van der Waals surface area contributed by atoms with Gasteiger partial charge in [0.1, 0.15) is 11.2 Å². The zero-order valence-corrected chi connectivity index (χ0v) is 56.7. The molecule has 1 aliphatic rings. The smallest absolute Gasteiger partial charge is 0.335 e. The molecule has 95 heavy (non-hydrogen) atoms. The summed E-state index contributed by atoms with van der Waals surface area (Å²) < 4.78 is 42.0. The molecule has 0 aliphatic carbocycles. The second-order valence-corrected chi connectivity index (χ2v) is 22.5. The summed E-state index contributed by atoms with van der Waals surface area (Å²) in [7, 11) is 0. The molecular formula is C72H109N5O18. The number of nitrogens with two attached hydrogens (primary N) is 1. The summed E-state index contributed by atoms with van der Waals surface area (Å²) in [6.45, 7) is 22.0. The van der Waals surface area contributed by atoms with E-state index in [1.165, 1.54) is 0 Å².